The van der Waals surface area contributed by atoms with Gasteiger partial charge in [-0.05, 0) is 18.6 Å². The van der Waals surface area contributed by atoms with Crippen molar-refractivity contribution in [2.24, 2.45) is 5.10 Å². The van der Waals surface area contributed by atoms with Crippen LogP contribution in [-0.2, 0) is 0 Å². The van der Waals surface area contributed by atoms with Crippen LogP contribution in [0.3, 0.4) is 0 Å². The van der Waals surface area contributed by atoms with Crippen LogP contribution < -0.4 is 5.32 Å². The van der Waals surface area contributed by atoms with Crippen LogP contribution in [0.2, 0.25) is 5.15 Å². The summed E-state index contributed by atoms with van der Waals surface area (Å²) < 4.78 is 0. The molecule has 0 aliphatic carbocycles. The number of aromatic nitrogens is 1. The van der Waals surface area contributed by atoms with Crippen molar-refractivity contribution in [3.63, 3.8) is 0 Å². The molecular weight excluding hydrogens is 258 g/mol. The summed E-state index contributed by atoms with van der Waals surface area (Å²) in [6.45, 7) is 3.24. The van der Waals surface area contributed by atoms with Gasteiger partial charge >= 0.3 is 0 Å². The molecule has 0 aromatic carbocycles. The molecule has 1 fully saturated rings. The van der Waals surface area contributed by atoms with Gasteiger partial charge in [0.2, 0.25) is 0 Å². The molecule has 0 amide bonds. The van der Waals surface area contributed by atoms with Gasteiger partial charge in [0, 0.05) is 19.3 Å². The monoisotopic (exact) mass is 269 g/mol. The largest absolute Gasteiger partial charge is 0.349 e. The van der Waals surface area contributed by atoms with Crippen LogP contribution in [0, 0.1) is 10.1 Å². The molecule has 0 spiro atoms. The summed E-state index contributed by atoms with van der Waals surface area (Å²) in [4.78, 5) is 16.3. The highest BCUT2D eigenvalue weighted by Gasteiger charge is 2.27. The molecule has 0 bridgehead atoms. The number of hydrogen-bond acceptors (Lipinski definition) is 3. The first-order valence-electron chi connectivity index (χ1n) is 5.43. The second kappa shape index (κ2) is 5.18. The summed E-state index contributed by atoms with van der Waals surface area (Å²) in [6, 6.07) is 3.49. The fraction of sp³-hybridized carbons (Fsp3) is 0.400. The minimum absolute atomic E-state index is 0.0523. The molecule has 0 unspecified atom stereocenters. The number of nitrogens with one attached hydrogen (secondary N) is 1. The lowest BCUT2D eigenvalue weighted by molar-refractivity contribution is -0.485. The van der Waals surface area contributed by atoms with Crippen molar-refractivity contribution in [1.29, 1.82) is 0 Å². The molecule has 1 saturated heterocycles. The van der Waals surface area contributed by atoms with Crippen molar-refractivity contribution in [2.75, 3.05) is 13.1 Å². The van der Waals surface area contributed by atoms with Crippen molar-refractivity contribution in [3.05, 3.63) is 39.2 Å². The number of guanidine groups is 1. The molecule has 0 radical (unpaired) electrons. The molecule has 7 nitrogen and oxygen atoms in total. The number of halogens is 1. The zero-order chi connectivity index (χ0) is 13.1. The SMILES string of the molecule is C[C@@H](c1ccc(Cl)nc1)N1CCN/C1=N\[N+](=O)[O-]. The van der Waals surface area contributed by atoms with Gasteiger partial charge in [0.15, 0.2) is 5.03 Å². The normalized spacial score (nSPS) is 18.8. The van der Waals surface area contributed by atoms with Gasteiger partial charge in [-0.2, -0.15) is 0 Å². The van der Waals surface area contributed by atoms with E-state index < -0.39 is 5.03 Å². The first-order valence-corrected chi connectivity index (χ1v) is 5.80. The van der Waals surface area contributed by atoms with Crippen molar-refractivity contribution in [2.45, 2.75) is 13.0 Å². The highest BCUT2D eigenvalue weighted by Crippen LogP contribution is 2.21. The third-order valence-corrected chi connectivity index (χ3v) is 3.01. The predicted molar refractivity (Wildman–Crippen MR) is 66.8 cm³/mol. The zero-order valence-corrected chi connectivity index (χ0v) is 10.5. The Labute approximate surface area is 109 Å². The third kappa shape index (κ3) is 2.67. The molecule has 18 heavy (non-hydrogen) atoms. The highest BCUT2D eigenvalue weighted by molar-refractivity contribution is 6.29. The van der Waals surface area contributed by atoms with Crippen LogP contribution in [-0.4, -0.2) is 34.0 Å². The Morgan fingerprint density at radius 1 is 1.67 bits per heavy atom. The molecule has 1 aromatic heterocycles. The van der Waals surface area contributed by atoms with Gasteiger partial charge in [-0.15, -0.1) is 0 Å². The van der Waals surface area contributed by atoms with Gasteiger partial charge in [-0.3, -0.25) is 0 Å². The Balaban J connectivity index is 2.20. The Morgan fingerprint density at radius 2 is 2.44 bits per heavy atom. The lowest BCUT2D eigenvalue weighted by Crippen LogP contribution is -2.33. The number of pyridine rings is 1. The average Bonchev–Trinajstić information content (AvgIpc) is 2.76. The molecular formula is C10H12ClN5O2. The number of hydrazone groups is 1. The lowest BCUT2D eigenvalue weighted by Gasteiger charge is -2.24. The number of hydrogen-bond donors (Lipinski definition) is 1. The zero-order valence-electron chi connectivity index (χ0n) is 9.71. The van der Waals surface area contributed by atoms with Gasteiger partial charge in [-0.1, -0.05) is 17.7 Å². The van der Waals surface area contributed by atoms with Gasteiger partial charge in [0.05, 0.1) is 6.04 Å². The fourth-order valence-corrected chi connectivity index (χ4v) is 1.97. The summed E-state index contributed by atoms with van der Waals surface area (Å²) >= 11 is 5.72. The molecule has 0 saturated carbocycles. The van der Waals surface area contributed by atoms with Crippen LogP contribution in [0.25, 0.3) is 0 Å². The molecule has 2 rings (SSSR count). The molecule has 1 aliphatic rings. The first-order chi connectivity index (χ1) is 8.58. The van der Waals surface area contributed by atoms with E-state index in [-0.39, 0.29) is 12.0 Å². The minimum Gasteiger partial charge on any atom is -0.349 e. The predicted octanol–water partition coefficient (Wildman–Crippen LogP) is 1.25. The van der Waals surface area contributed by atoms with E-state index in [9.17, 15) is 10.1 Å². The third-order valence-electron chi connectivity index (χ3n) is 2.78. The molecule has 1 aromatic rings. The van der Waals surface area contributed by atoms with Crippen LogP contribution >= 0.6 is 11.6 Å². The van der Waals surface area contributed by atoms with Crippen molar-refractivity contribution in [3.8, 4) is 0 Å². The highest BCUT2D eigenvalue weighted by atomic mass is 35.5. The Hall–Kier alpha value is -1.89. The van der Waals surface area contributed by atoms with E-state index in [1.165, 1.54) is 0 Å². The van der Waals surface area contributed by atoms with Gasteiger partial charge in [0.1, 0.15) is 10.3 Å². The van der Waals surface area contributed by atoms with Crippen molar-refractivity contribution >= 4 is 17.6 Å². The van der Waals surface area contributed by atoms with E-state index in [0.29, 0.717) is 18.2 Å². The van der Waals surface area contributed by atoms with Crippen LogP contribution in [0.5, 0.6) is 0 Å². The molecule has 1 aliphatic heterocycles. The van der Waals surface area contributed by atoms with E-state index in [1.54, 1.807) is 12.3 Å². The average molecular weight is 270 g/mol. The Kier molecular flexibility index (Phi) is 3.61. The van der Waals surface area contributed by atoms with Crippen LogP contribution in [0.4, 0.5) is 0 Å². The number of nitro groups is 1. The van der Waals surface area contributed by atoms with E-state index in [1.807, 2.05) is 17.9 Å². The second-order valence-electron chi connectivity index (χ2n) is 3.87. The molecule has 8 heteroatoms. The molecule has 1 atom stereocenters. The van der Waals surface area contributed by atoms with Crippen molar-refractivity contribution < 1.29 is 5.03 Å². The molecule has 1 N–H and O–H groups in total. The maximum atomic E-state index is 10.4. The van der Waals surface area contributed by atoms with E-state index in [4.69, 9.17) is 11.6 Å². The maximum absolute atomic E-state index is 10.4. The smallest absolute Gasteiger partial charge is 0.272 e. The van der Waals surface area contributed by atoms with Crippen molar-refractivity contribution in [1.82, 2.24) is 15.2 Å². The van der Waals surface area contributed by atoms with Gasteiger partial charge < -0.3 is 10.2 Å². The number of rotatable bonds is 3. The van der Waals surface area contributed by atoms with Crippen LogP contribution in [0.15, 0.2) is 23.4 Å². The van der Waals surface area contributed by atoms with Gasteiger partial charge in [-0.25, -0.2) is 15.1 Å². The fourth-order valence-electron chi connectivity index (χ4n) is 1.86. The minimum atomic E-state index is -0.701. The summed E-state index contributed by atoms with van der Waals surface area (Å²) in [7, 11) is 0. The van der Waals surface area contributed by atoms with E-state index in [0.717, 1.165) is 5.56 Å². The first kappa shape index (κ1) is 12.6. The number of nitrogens with zero attached hydrogens (tertiary/aromatic N) is 4. The second-order valence-corrected chi connectivity index (χ2v) is 4.26. The molecule has 96 valence electrons. The lowest BCUT2D eigenvalue weighted by atomic mass is 10.1. The summed E-state index contributed by atoms with van der Waals surface area (Å²) in [5, 5.41) is 16.4. The Bertz CT molecular complexity index is 476. The quantitative estimate of drug-likeness (QED) is 0.507. The Morgan fingerprint density at radius 3 is 3.06 bits per heavy atom. The van der Waals surface area contributed by atoms with Gasteiger partial charge in [0.25, 0.3) is 5.96 Å². The van der Waals surface area contributed by atoms with Crippen LogP contribution in [0.1, 0.15) is 18.5 Å². The summed E-state index contributed by atoms with van der Waals surface area (Å²) in [6.07, 6.45) is 1.66. The topological polar surface area (TPSA) is 83.7 Å². The molecule has 2 heterocycles. The van der Waals surface area contributed by atoms with E-state index >= 15 is 0 Å². The summed E-state index contributed by atoms with van der Waals surface area (Å²) in [5.74, 6) is 0.280. The maximum Gasteiger partial charge on any atom is 0.272 e. The standard InChI is InChI=1S/C10H12ClN5O2/c1-7(8-2-3-9(11)13-6-8)15-5-4-12-10(15)14-16(17)18/h2-3,6-7H,4-5H2,1H3,(H,12,14)/t7-/m0/s1. The summed E-state index contributed by atoms with van der Waals surface area (Å²) in [5.41, 5.74) is 0.930. The van der Waals surface area contributed by atoms with E-state index in [2.05, 4.69) is 15.4 Å².